The summed E-state index contributed by atoms with van der Waals surface area (Å²) in [6.45, 7) is 7.67. The lowest BCUT2D eigenvalue weighted by Crippen LogP contribution is -2.36. The monoisotopic (exact) mass is 452 g/mol. The first-order valence-electron chi connectivity index (χ1n) is 11.8. The maximum absolute atomic E-state index is 5.68. The summed E-state index contributed by atoms with van der Waals surface area (Å²) in [6.07, 6.45) is 4.82. The maximum Gasteiger partial charge on any atom is 0.232 e. The minimum Gasteiger partial charge on any atom is -0.376 e. The molecule has 170 valence electrons. The quantitative estimate of drug-likeness (QED) is 0.666. The number of fused-ring (bicyclic) bond motifs is 1. The Balaban J connectivity index is 1.34. The Bertz CT molecular complexity index is 930. The zero-order valence-corrected chi connectivity index (χ0v) is 19.5. The highest BCUT2D eigenvalue weighted by Crippen LogP contribution is 2.31. The highest BCUT2D eigenvalue weighted by molar-refractivity contribution is 7.80. The summed E-state index contributed by atoms with van der Waals surface area (Å²) < 4.78 is 5.68. The summed E-state index contributed by atoms with van der Waals surface area (Å²) in [5, 5.41) is 7.04. The van der Waals surface area contributed by atoms with Crippen LogP contribution in [0.3, 0.4) is 0 Å². The van der Waals surface area contributed by atoms with Gasteiger partial charge in [-0.15, -0.1) is 0 Å². The fraction of sp³-hybridized carbons (Fsp3) is 0.542. The molecule has 1 aromatic carbocycles. The van der Waals surface area contributed by atoms with Crippen molar-refractivity contribution in [3.63, 3.8) is 0 Å². The second-order valence-electron chi connectivity index (χ2n) is 9.17. The molecule has 0 saturated carbocycles. The minimum absolute atomic E-state index is 0.232. The molecule has 2 fully saturated rings. The van der Waals surface area contributed by atoms with Gasteiger partial charge in [-0.1, -0.05) is 31.2 Å². The van der Waals surface area contributed by atoms with Gasteiger partial charge in [0.05, 0.1) is 6.10 Å². The van der Waals surface area contributed by atoms with E-state index in [1.165, 1.54) is 24.0 Å². The average Bonchev–Trinajstić information content (AvgIpc) is 3.48. The van der Waals surface area contributed by atoms with Crippen LogP contribution in [-0.4, -0.2) is 47.4 Å². The van der Waals surface area contributed by atoms with E-state index in [-0.39, 0.29) is 6.10 Å². The Morgan fingerprint density at radius 3 is 2.41 bits per heavy atom. The van der Waals surface area contributed by atoms with Crippen molar-refractivity contribution in [3.8, 4) is 0 Å². The van der Waals surface area contributed by atoms with Crippen LogP contribution in [0.4, 0.5) is 17.6 Å². The van der Waals surface area contributed by atoms with Crippen LogP contribution in [0.5, 0.6) is 0 Å². The fourth-order valence-corrected chi connectivity index (χ4v) is 4.87. The van der Waals surface area contributed by atoms with E-state index in [4.69, 9.17) is 26.9 Å². The molecule has 0 aliphatic carbocycles. The van der Waals surface area contributed by atoms with Crippen molar-refractivity contribution in [1.29, 1.82) is 0 Å². The normalized spacial score (nSPS) is 21.0. The first kappa shape index (κ1) is 21.4. The van der Waals surface area contributed by atoms with Gasteiger partial charge in [-0.3, -0.25) is 0 Å². The van der Waals surface area contributed by atoms with Crippen LogP contribution in [-0.2, 0) is 17.8 Å². The van der Waals surface area contributed by atoms with Crippen molar-refractivity contribution in [3.05, 3.63) is 41.5 Å². The molecule has 2 aromatic rings. The standard InChI is InChI=1S/C24H32N6OS/c1-17-8-10-29(11-9-17)21-13-22(30-15-18-5-2-3-6-19(18)16-30)27-23(26-21)28-24(32)25-14-20-7-4-12-31-20/h2-3,5-6,13,17,20H,4,7-12,14-16H2,1H3,(H2,25,26,27,28,32). The van der Waals surface area contributed by atoms with E-state index >= 15 is 0 Å². The Morgan fingerprint density at radius 2 is 1.75 bits per heavy atom. The number of nitrogens with one attached hydrogen (secondary N) is 2. The number of nitrogens with zero attached hydrogens (tertiary/aromatic N) is 4. The zero-order valence-electron chi connectivity index (χ0n) is 18.7. The van der Waals surface area contributed by atoms with Gasteiger partial charge < -0.3 is 25.2 Å². The van der Waals surface area contributed by atoms with Gasteiger partial charge in [0.2, 0.25) is 5.95 Å². The van der Waals surface area contributed by atoms with Crippen molar-refractivity contribution >= 4 is 34.9 Å². The Kier molecular flexibility index (Phi) is 6.41. The average molecular weight is 453 g/mol. The molecule has 32 heavy (non-hydrogen) atoms. The number of thiocarbonyl (C=S) groups is 1. The van der Waals surface area contributed by atoms with Gasteiger partial charge in [0.15, 0.2) is 5.11 Å². The van der Waals surface area contributed by atoms with Crippen molar-refractivity contribution in [2.75, 3.05) is 41.4 Å². The molecule has 0 spiro atoms. The van der Waals surface area contributed by atoms with Gasteiger partial charge in [0.1, 0.15) is 11.6 Å². The SMILES string of the molecule is CC1CCN(c2cc(N3Cc4ccccc4C3)nc(NC(=S)NCC3CCCO3)n2)CC1. The van der Waals surface area contributed by atoms with E-state index in [2.05, 4.69) is 57.7 Å². The number of hydrogen-bond acceptors (Lipinski definition) is 6. The van der Waals surface area contributed by atoms with Gasteiger partial charge in [0, 0.05) is 45.4 Å². The molecular formula is C24H32N6OS. The van der Waals surface area contributed by atoms with Crippen LogP contribution in [0.1, 0.15) is 43.7 Å². The Morgan fingerprint density at radius 1 is 1.06 bits per heavy atom. The smallest absolute Gasteiger partial charge is 0.232 e. The minimum atomic E-state index is 0.232. The summed E-state index contributed by atoms with van der Waals surface area (Å²) in [5.41, 5.74) is 2.73. The molecule has 0 radical (unpaired) electrons. The second kappa shape index (κ2) is 9.58. The number of rotatable bonds is 5. The van der Waals surface area contributed by atoms with Gasteiger partial charge in [-0.25, -0.2) is 0 Å². The molecule has 7 nitrogen and oxygen atoms in total. The highest BCUT2D eigenvalue weighted by atomic mass is 32.1. The van der Waals surface area contributed by atoms with Crippen LogP contribution in [0.15, 0.2) is 30.3 Å². The lowest BCUT2D eigenvalue weighted by molar-refractivity contribution is 0.114. The summed E-state index contributed by atoms with van der Waals surface area (Å²) in [4.78, 5) is 14.4. The van der Waals surface area contributed by atoms with Crippen LogP contribution in [0.25, 0.3) is 0 Å². The fourth-order valence-electron chi connectivity index (χ4n) is 4.69. The van der Waals surface area contributed by atoms with Crippen molar-refractivity contribution < 1.29 is 4.74 Å². The van der Waals surface area contributed by atoms with Crippen LogP contribution in [0, 0.1) is 5.92 Å². The lowest BCUT2D eigenvalue weighted by atomic mass is 9.99. The molecule has 5 rings (SSSR count). The first-order valence-corrected chi connectivity index (χ1v) is 12.2. The lowest BCUT2D eigenvalue weighted by Gasteiger charge is -2.32. The molecular weight excluding hydrogens is 420 g/mol. The predicted molar refractivity (Wildman–Crippen MR) is 132 cm³/mol. The van der Waals surface area contributed by atoms with Gasteiger partial charge in [-0.05, 0) is 54.9 Å². The number of aromatic nitrogens is 2. The molecule has 1 unspecified atom stereocenters. The number of ether oxygens (including phenoxy) is 1. The molecule has 3 aliphatic rings. The molecule has 4 heterocycles. The second-order valence-corrected chi connectivity index (χ2v) is 9.58. The molecule has 1 aromatic heterocycles. The van der Waals surface area contributed by atoms with E-state index in [0.29, 0.717) is 17.6 Å². The third kappa shape index (κ3) is 4.96. The first-order chi connectivity index (χ1) is 15.6. The molecule has 0 amide bonds. The van der Waals surface area contributed by atoms with Gasteiger partial charge in [-0.2, -0.15) is 9.97 Å². The van der Waals surface area contributed by atoms with Gasteiger partial charge in [0.25, 0.3) is 0 Å². The zero-order chi connectivity index (χ0) is 21.9. The maximum atomic E-state index is 5.68. The van der Waals surface area contributed by atoms with Crippen molar-refractivity contribution in [2.24, 2.45) is 5.92 Å². The Hall–Kier alpha value is -2.45. The highest BCUT2D eigenvalue weighted by Gasteiger charge is 2.24. The van der Waals surface area contributed by atoms with E-state index in [1.54, 1.807) is 0 Å². The third-order valence-electron chi connectivity index (χ3n) is 6.71. The van der Waals surface area contributed by atoms with Crippen molar-refractivity contribution in [1.82, 2.24) is 15.3 Å². The van der Waals surface area contributed by atoms with Crippen molar-refractivity contribution in [2.45, 2.75) is 51.8 Å². The van der Waals surface area contributed by atoms with E-state index in [9.17, 15) is 0 Å². The molecule has 2 saturated heterocycles. The van der Waals surface area contributed by atoms with E-state index < -0.39 is 0 Å². The molecule has 1 atom stereocenters. The summed E-state index contributed by atoms with van der Waals surface area (Å²) >= 11 is 5.54. The number of anilines is 3. The van der Waals surface area contributed by atoms with E-state index in [1.807, 2.05) is 0 Å². The van der Waals surface area contributed by atoms with Crippen LogP contribution >= 0.6 is 12.2 Å². The van der Waals surface area contributed by atoms with E-state index in [0.717, 1.165) is 63.2 Å². The van der Waals surface area contributed by atoms with Crippen LogP contribution < -0.4 is 20.4 Å². The van der Waals surface area contributed by atoms with Gasteiger partial charge >= 0.3 is 0 Å². The number of benzene rings is 1. The summed E-state index contributed by atoms with van der Waals surface area (Å²) in [5.74, 6) is 3.24. The molecule has 2 N–H and O–H groups in total. The Labute approximate surface area is 195 Å². The molecule has 8 heteroatoms. The summed E-state index contributed by atoms with van der Waals surface area (Å²) in [7, 11) is 0. The predicted octanol–water partition coefficient (Wildman–Crippen LogP) is 3.70. The number of piperidine rings is 1. The number of hydrogen-bond donors (Lipinski definition) is 2. The van der Waals surface area contributed by atoms with Crippen LogP contribution in [0.2, 0.25) is 0 Å². The summed E-state index contributed by atoms with van der Waals surface area (Å²) in [6, 6.07) is 10.7. The molecule has 3 aliphatic heterocycles. The largest absolute Gasteiger partial charge is 0.376 e. The topological polar surface area (TPSA) is 65.5 Å². The third-order valence-corrected chi connectivity index (χ3v) is 6.96. The molecule has 0 bridgehead atoms.